The highest BCUT2D eigenvalue weighted by Crippen LogP contribution is 2.34. The summed E-state index contributed by atoms with van der Waals surface area (Å²) >= 11 is 0. The number of benzene rings is 2. The molecule has 27 heavy (non-hydrogen) atoms. The van der Waals surface area contributed by atoms with Gasteiger partial charge >= 0.3 is 0 Å². The maximum atomic E-state index is 13.2. The number of nitrogens with zero attached hydrogens (tertiary/aromatic N) is 1. The highest BCUT2D eigenvalue weighted by atomic mass is 32.2. The van der Waals surface area contributed by atoms with E-state index in [1.54, 1.807) is 12.1 Å². The highest BCUT2D eigenvalue weighted by molar-refractivity contribution is 7.92. The molecule has 0 unspecified atom stereocenters. The average Bonchev–Trinajstić information content (AvgIpc) is 2.60. The molecule has 0 fully saturated rings. The van der Waals surface area contributed by atoms with Crippen LogP contribution in [0.2, 0.25) is 0 Å². The Morgan fingerprint density at radius 1 is 1.11 bits per heavy atom. The summed E-state index contributed by atoms with van der Waals surface area (Å²) in [6, 6.07) is 10.1. The summed E-state index contributed by atoms with van der Waals surface area (Å²) in [5, 5.41) is 2.84. The van der Waals surface area contributed by atoms with Gasteiger partial charge in [0.15, 0.2) is 0 Å². The Morgan fingerprint density at radius 2 is 1.78 bits per heavy atom. The van der Waals surface area contributed by atoms with E-state index in [4.69, 9.17) is 0 Å². The number of nitrogens with one attached hydrogen (secondary N) is 1. The van der Waals surface area contributed by atoms with Crippen molar-refractivity contribution in [3.05, 3.63) is 53.8 Å². The van der Waals surface area contributed by atoms with E-state index in [-0.39, 0.29) is 10.8 Å². The third-order valence-corrected chi connectivity index (χ3v) is 6.33. The third-order valence-electron chi connectivity index (χ3n) is 4.50. The Kier molecular flexibility index (Phi) is 4.99. The number of carbonyl (C=O) groups excluding carboxylic acids is 1. The van der Waals surface area contributed by atoms with Crippen LogP contribution in [0.25, 0.3) is 0 Å². The standard InChI is InChI=1S/C20H23FN2O3S/c1-20(2,3)19(24)22-16-9-6-14-5-4-12-23(18(14)13-16)27(25,26)17-10-7-15(21)8-11-17/h6-11,13H,4-5,12H2,1-3H3,(H,22,24). The molecule has 5 nitrogen and oxygen atoms in total. The number of carbonyl (C=O) groups is 1. The van der Waals surface area contributed by atoms with E-state index in [0.717, 1.165) is 24.1 Å². The Morgan fingerprint density at radius 3 is 2.41 bits per heavy atom. The Hall–Kier alpha value is -2.41. The molecular weight excluding hydrogens is 367 g/mol. The van der Waals surface area contributed by atoms with Gasteiger partial charge in [0.1, 0.15) is 5.82 Å². The van der Waals surface area contributed by atoms with Gasteiger partial charge in [0.05, 0.1) is 10.6 Å². The quantitative estimate of drug-likeness (QED) is 0.863. The van der Waals surface area contributed by atoms with Gasteiger partial charge in [0, 0.05) is 17.6 Å². The lowest BCUT2D eigenvalue weighted by Crippen LogP contribution is -2.35. The first-order valence-electron chi connectivity index (χ1n) is 8.82. The lowest BCUT2D eigenvalue weighted by Gasteiger charge is -2.31. The fourth-order valence-electron chi connectivity index (χ4n) is 2.92. The number of halogens is 1. The predicted molar refractivity (Wildman–Crippen MR) is 104 cm³/mol. The monoisotopic (exact) mass is 390 g/mol. The number of hydrogen-bond donors (Lipinski definition) is 1. The lowest BCUT2D eigenvalue weighted by molar-refractivity contribution is -0.123. The molecule has 1 aliphatic heterocycles. The van der Waals surface area contributed by atoms with Crippen molar-refractivity contribution in [3.63, 3.8) is 0 Å². The molecule has 0 saturated heterocycles. The van der Waals surface area contributed by atoms with Gasteiger partial charge in [0.2, 0.25) is 5.91 Å². The van der Waals surface area contributed by atoms with Crippen molar-refractivity contribution in [1.29, 1.82) is 0 Å². The number of sulfonamides is 1. The number of amides is 1. The number of hydrogen-bond acceptors (Lipinski definition) is 3. The Bertz CT molecular complexity index is 964. The van der Waals surface area contributed by atoms with Crippen LogP contribution in [0.3, 0.4) is 0 Å². The molecule has 3 rings (SSSR count). The third kappa shape index (κ3) is 3.98. The summed E-state index contributed by atoms with van der Waals surface area (Å²) in [6.45, 7) is 5.77. The van der Waals surface area contributed by atoms with Crippen molar-refractivity contribution in [2.75, 3.05) is 16.2 Å². The second-order valence-electron chi connectivity index (χ2n) is 7.68. The van der Waals surface area contributed by atoms with E-state index in [1.807, 2.05) is 26.8 Å². The van der Waals surface area contributed by atoms with Crippen LogP contribution in [-0.4, -0.2) is 20.9 Å². The zero-order valence-electron chi connectivity index (χ0n) is 15.6. The van der Waals surface area contributed by atoms with Gasteiger partial charge in [-0.05, 0) is 54.8 Å². The van der Waals surface area contributed by atoms with Crippen molar-refractivity contribution in [2.45, 2.75) is 38.5 Å². The summed E-state index contributed by atoms with van der Waals surface area (Å²) in [5.41, 5.74) is 1.45. The molecule has 2 aromatic carbocycles. The first kappa shape index (κ1) is 19.4. The van der Waals surface area contributed by atoms with Crippen LogP contribution in [0.1, 0.15) is 32.8 Å². The Labute approximate surface area is 159 Å². The second-order valence-corrected chi connectivity index (χ2v) is 9.54. The van der Waals surface area contributed by atoms with E-state index in [9.17, 15) is 17.6 Å². The summed E-state index contributed by atoms with van der Waals surface area (Å²) < 4.78 is 40.7. The van der Waals surface area contributed by atoms with Crippen molar-refractivity contribution < 1.29 is 17.6 Å². The van der Waals surface area contributed by atoms with Crippen molar-refractivity contribution in [1.82, 2.24) is 0 Å². The summed E-state index contributed by atoms with van der Waals surface area (Å²) in [6.07, 6.45) is 1.46. The highest BCUT2D eigenvalue weighted by Gasteiger charge is 2.30. The molecule has 1 heterocycles. The van der Waals surface area contributed by atoms with Gasteiger partial charge in [-0.3, -0.25) is 9.10 Å². The molecule has 0 aromatic heterocycles. The molecule has 2 aromatic rings. The van der Waals surface area contributed by atoms with Crippen LogP contribution in [0.4, 0.5) is 15.8 Å². The average molecular weight is 390 g/mol. The van der Waals surface area contributed by atoms with E-state index >= 15 is 0 Å². The second kappa shape index (κ2) is 6.96. The van der Waals surface area contributed by atoms with Crippen molar-refractivity contribution >= 4 is 27.3 Å². The van der Waals surface area contributed by atoms with E-state index < -0.39 is 21.3 Å². The molecular formula is C20H23FN2O3S. The van der Waals surface area contributed by atoms with Gasteiger partial charge in [-0.15, -0.1) is 0 Å². The molecule has 7 heteroatoms. The minimum absolute atomic E-state index is 0.0425. The molecule has 0 atom stereocenters. The lowest BCUT2D eigenvalue weighted by atomic mass is 9.95. The van der Waals surface area contributed by atoms with E-state index in [0.29, 0.717) is 24.3 Å². The zero-order chi connectivity index (χ0) is 19.8. The summed E-state index contributed by atoms with van der Waals surface area (Å²) in [4.78, 5) is 12.3. The summed E-state index contributed by atoms with van der Waals surface area (Å²) in [5.74, 6) is -0.633. The molecule has 0 radical (unpaired) electrons. The fraction of sp³-hybridized carbons (Fsp3) is 0.350. The predicted octanol–water partition coefficient (Wildman–Crippen LogP) is 3.95. The number of aryl methyl sites for hydroxylation is 1. The van der Waals surface area contributed by atoms with Crippen molar-refractivity contribution in [2.24, 2.45) is 5.41 Å². The van der Waals surface area contributed by atoms with E-state index in [2.05, 4.69) is 5.32 Å². The van der Waals surface area contributed by atoms with E-state index in [1.165, 1.54) is 16.4 Å². The summed E-state index contributed by atoms with van der Waals surface area (Å²) in [7, 11) is -3.81. The first-order valence-corrected chi connectivity index (χ1v) is 10.3. The topological polar surface area (TPSA) is 66.5 Å². The van der Waals surface area contributed by atoms with Gasteiger partial charge in [-0.1, -0.05) is 26.8 Å². The van der Waals surface area contributed by atoms with Crippen LogP contribution in [0.15, 0.2) is 47.4 Å². The van der Waals surface area contributed by atoms with Gasteiger partial charge in [0.25, 0.3) is 10.0 Å². The minimum Gasteiger partial charge on any atom is -0.326 e. The smallest absolute Gasteiger partial charge is 0.264 e. The van der Waals surface area contributed by atoms with Gasteiger partial charge < -0.3 is 5.32 Å². The zero-order valence-corrected chi connectivity index (χ0v) is 16.4. The normalized spacial score (nSPS) is 14.6. The minimum atomic E-state index is -3.81. The van der Waals surface area contributed by atoms with Gasteiger partial charge in [-0.2, -0.15) is 0 Å². The maximum absolute atomic E-state index is 13.2. The molecule has 0 saturated carbocycles. The molecule has 144 valence electrons. The maximum Gasteiger partial charge on any atom is 0.264 e. The largest absolute Gasteiger partial charge is 0.326 e. The van der Waals surface area contributed by atoms with Crippen LogP contribution >= 0.6 is 0 Å². The van der Waals surface area contributed by atoms with Gasteiger partial charge in [-0.25, -0.2) is 12.8 Å². The van der Waals surface area contributed by atoms with Crippen LogP contribution in [0.5, 0.6) is 0 Å². The van der Waals surface area contributed by atoms with Crippen LogP contribution in [0, 0.1) is 11.2 Å². The molecule has 1 aliphatic rings. The first-order chi connectivity index (χ1) is 12.6. The van der Waals surface area contributed by atoms with Crippen LogP contribution < -0.4 is 9.62 Å². The molecule has 0 aliphatic carbocycles. The number of rotatable bonds is 3. The Balaban J connectivity index is 1.98. The molecule has 0 spiro atoms. The van der Waals surface area contributed by atoms with Crippen LogP contribution in [-0.2, 0) is 21.2 Å². The number of fused-ring (bicyclic) bond motifs is 1. The number of anilines is 2. The van der Waals surface area contributed by atoms with Crippen molar-refractivity contribution in [3.8, 4) is 0 Å². The SMILES string of the molecule is CC(C)(C)C(=O)Nc1ccc2c(c1)N(S(=O)(=O)c1ccc(F)cc1)CCC2. The molecule has 0 bridgehead atoms. The molecule has 1 N–H and O–H groups in total. The molecule has 1 amide bonds. The fourth-order valence-corrected chi connectivity index (χ4v) is 4.45.